The maximum Gasteiger partial charge on any atom is 0.134 e. The summed E-state index contributed by atoms with van der Waals surface area (Å²) in [5.41, 5.74) is 3.29. The molecule has 1 N–H and O–H groups in total. The lowest BCUT2D eigenvalue weighted by Crippen LogP contribution is -1.98. The summed E-state index contributed by atoms with van der Waals surface area (Å²) in [5, 5.41) is 0. The number of hydrogen-bond acceptors (Lipinski definition) is 4. The first-order valence-corrected chi connectivity index (χ1v) is 6.52. The third-order valence-electron chi connectivity index (χ3n) is 3.07. The van der Waals surface area contributed by atoms with Gasteiger partial charge in [-0.25, -0.2) is 4.98 Å². The molecule has 98 valence electrons. The quantitative estimate of drug-likeness (QED) is 0.874. The molecule has 0 unspecified atom stereocenters. The van der Waals surface area contributed by atoms with Crippen LogP contribution in [0, 0.1) is 4.64 Å². The Balaban J connectivity index is 2.04. The fourth-order valence-electron chi connectivity index (χ4n) is 2.22. The van der Waals surface area contributed by atoms with E-state index >= 15 is 0 Å². The van der Waals surface area contributed by atoms with Gasteiger partial charge in [-0.2, -0.15) is 0 Å². The molecule has 0 saturated carbocycles. The molecule has 2 heterocycles. The van der Waals surface area contributed by atoms with Gasteiger partial charge in [0.25, 0.3) is 0 Å². The van der Waals surface area contributed by atoms with Crippen molar-refractivity contribution in [3.63, 3.8) is 0 Å². The lowest BCUT2D eigenvalue weighted by molar-refractivity contribution is 0.177. The predicted molar refractivity (Wildman–Crippen MR) is 74.8 cm³/mol. The summed E-state index contributed by atoms with van der Waals surface area (Å²) in [4.78, 5) is 7.48. The van der Waals surface area contributed by atoms with Gasteiger partial charge in [-0.1, -0.05) is 12.2 Å². The standard InChI is InChI=1S/C14H14N2O2S/c1-17-8-13-15-11(7-14(19)16-13)9-2-3-12-10(6-9)4-5-18-12/h2-3,6-7H,4-5,8H2,1H3,(H,15,16,19). The van der Waals surface area contributed by atoms with Crippen molar-refractivity contribution in [2.75, 3.05) is 13.7 Å². The highest BCUT2D eigenvalue weighted by Gasteiger charge is 2.13. The highest BCUT2D eigenvalue weighted by atomic mass is 32.1. The Labute approximate surface area is 116 Å². The molecule has 0 spiro atoms. The molecule has 19 heavy (non-hydrogen) atoms. The summed E-state index contributed by atoms with van der Waals surface area (Å²) in [5.74, 6) is 1.72. The van der Waals surface area contributed by atoms with E-state index in [1.54, 1.807) is 7.11 Å². The maximum atomic E-state index is 5.51. The molecule has 1 aromatic carbocycles. The van der Waals surface area contributed by atoms with E-state index in [-0.39, 0.29) is 0 Å². The fraction of sp³-hybridized carbons (Fsp3) is 0.286. The van der Waals surface area contributed by atoms with E-state index < -0.39 is 0 Å². The number of aromatic amines is 1. The van der Waals surface area contributed by atoms with E-state index in [0.29, 0.717) is 11.2 Å². The Morgan fingerprint density at radius 3 is 3.16 bits per heavy atom. The first-order chi connectivity index (χ1) is 9.26. The van der Waals surface area contributed by atoms with E-state index in [1.165, 1.54) is 5.56 Å². The van der Waals surface area contributed by atoms with Crippen LogP contribution in [0.3, 0.4) is 0 Å². The van der Waals surface area contributed by atoms with Gasteiger partial charge in [0.2, 0.25) is 0 Å². The highest BCUT2D eigenvalue weighted by Crippen LogP contribution is 2.29. The van der Waals surface area contributed by atoms with Gasteiger partial charge < -0.3 is 14.5 Å². The largest absolute Gasteiger partial charge is 0.493 e. The van der Waals surface area contributed by atoms with Crippen LogP contribution in [0.15, 0.2) is 24.3 Å². The van der Waals surface area contributed by atoms with Crippen molar-refractivity contribution >= 4 is 12.2 Å². The molecule has 0 amide bonds. The summed E-state index contributed by atoms with van der Waals surface area (Å²) < 4.78 is 11.2. The van der Waals surface area contributed by atoms with Crippen molar-refractivity contribution in [3.05, 3.63) is 40.3 Å². The van der Waals surface area contributed by atoms with Crippen molar-refractivity contribution < 1.29 is 9.47 Å². The minimum atomic E-state index is 0.422. The molecule has 1 aromatic heterocycles. The second-order valence-corrected chi connectivity index (χ2v) is 4.85. The van der Waals surface area contributed by atoms with Crippen LogP contribution >= 0.6 is 12.2 Å². The Morgan fingerprint density at radius 2 is 2.32 bits per heavy atom. The van der Waals surface area contributed by atoms with Crippen molar-refractivity contribution in [3.8, 4) is 17.0 Å². The number of hydrogen-bond donors (Lipinski definition) is 1. The molecule has 0 atom stereocenters. The van der Waals surface area contributed by atoms with Crippen LogP contribution in [-0.2, 0) is 17.8 Å². The molecule has 0 fully saturated rings. The molecular formula is C14H14N2O2S. The lowest BCUT2D eigenvalue weighted by atomic mass is 10.1. The average molecular weight is 274 g/mol. The number of nitrogens with one attached hydrogen (secondary N) is 1. The summed E-state index contributed by atoms with van der Waals surface area (Å²) >= 11 is 5.19. The first-order valence-electron chi connectivity index (χ1n) is 6.11. The van der Waals surface area contributed by atoms with Gasteiger partial charge in [0, 0.05) is 19.2 Å². The maximum absolute atomic E-state index is 5.51. The number of fused-ring (bicyclic) bond motifs is 1. The van der Waals surface area contributed by atoms with Crippen LogP contribution in [0.1, 0.15) is 11.4 Å². The van der Waals surface area contributed by atoms with Crippen LogP contribution in [0.4, 0.5) is 0 Å². The minimum Gasteiger partial charge on any atom is -0.493 e. The summed E-state index contributed by atoms with van der Waals surface area (Å²) in [6.07, 6.45) is 0.958. The van der Waals surface area contributed by atoms with Gasteiger partial charge in [0.05, 0.1) is 6.61 Å². The Bertz CT molecular complexity index is 667. The smallest absolute Gasteiger partial charge is 0.134 e. The van der Waals surface area contributed by atoms with Gasteiger partial charge >= 0.3 is 0 Å². The molecule has 3 rings (SSSR count). The van der Waals surface area contributed by atoms with Crippen LogP contribution in [0.25, 0.3) is 11.3 Å². The molecule has 4 nitrogen and oxygen atoms in total. The molecular weight excluding hydrogens is 260 g/mol. The highest BCUT2D eigenvalue weighted by molar-refractivity contribution is 7.71. The number of nitrogens with zero attached hydrogens (tertiary/aromatic N) is 1. The molecule has 0 bridgehead atoms. The van der Waals surface area contributed by atoms with E-state index in [2.05, 4.69) is 16.0 Å². The Kier molecular flexibility index (Phi) is 3.31. The zero-order valence-electron chi connectivity index (χ0n) is 10.6. The van der Waals surface area contributed by atoms with Gasteiger partial charge in [0.1, 0.15) is 22.8 Å². The van der Waals surface area contributed by atoms with Crippen LogP contribution in [0.2, 0.25) is 0 Å². The SMILES string of the molecule is COCc1nc(=S)cc(-c2ccc3c(c2)CCO3)[nH]1. The first kappa shape index (κ1) is 12.3. The Hall–Kier alpha value is -1.72. The number of rotatable bonds is 3. The predicted octanol–water partition coefficient (Wildman–Crippen LogP) is 2.89. The monoisotopic (exact) mass is 274 g/mol. The Morgan fingerprint density at radius 1 is 1.42 bits per heavy atom. The number of H-pyrrole nitrogens is 1. The minimum absolute atomic E-state index is 0.422. The molecule has 5 heteroatoms. The summed E-state index contributed by atoms with van der Waals surface area (Å²) in [6, 6.07) is 8.04. The normalized spacial score (nSPS) is 13.1. The third-order valence-corrected chi connectivity index (χ3v) is 3.28. The third kappa shape index (κ3) is 2.52. The van der Waals surface area contributed by atoms with Gasteiger partial charge in [-0.15, -0.1) is 0 Å². The van der Waals surface area contributed by atoms with E-state index in [1.807, 2.05) is 18.2 Å². The molecule has 0 saturated heterocycles. The van der Waals surface area contributed by atoms with Crippen LogP contribution < -0.4 is 4.74 Å². The van der Waals surface area contributed by atoms with Crippen LogP contribution in [0.5, 0.6) is 5.75 Å². The molecule has 1 aliphatic heterocycles. The van der Waals surface area contributed by atoms with Crippen molar-refractivity contribution in [1.82, 2.24) is 9.97 Å². The van der Waals surface area contributed by atoms with Crippen molar-refractivity contribution in [2.24, 2.45) is 0 Å². The second kappa shape index (κ2) is 5.11. The van der Waals surface area contributed by atoms with Crippen molar-refractivity contribution in [2.45, 2.75) is 13.0 Å². The zero-order valence-corrected chi connectivity index (χ0v) is 11.4. The van der Waals surface area contributed by atoms with E-state index in [9.17, 15) is 0 Å². The topological polar surface area (TPSA) is 47.1 Å². The summed E-state index contributed by atoms with van der Waals surface area (Å²) in [7, 11) is 1.64. The second-order valence-electron chi connectivity index (χ2n) is 4.43. The molecule has 0 radical (unpaired) electrons. The zero-order chi connectivity index (χ0) is 13.2. The van der Waals surface area contributed by atoms with Gasteiger partial charge in [0.15, 0.2) is 0 Å². The fourth-order valence-corrected chi connectivity index (χ4v) is 2.45. The van der Waals surface area contributed by atoms with E-state index in [4.69, 9.17) is 21.7 Å². The lowest BCUT2D eigenvalue weighted by Gasteiger charge is -2.07. The number of ether oxygens (including phenoxy) is 2. The van der Waals surface area contributed by atoms with Crippen LogP contribution in [-0.4, -0.2) is 23.7 Å². The van der Waals surface area contributed by atoms with Gasteiger partial charge in [-0.3, -0.25) is 0 Å². The number of benzene rings is 1. The number of aromatic nitrogens is 2. The average Bonchev–Trinajstić information content (AvgIpc) is 2.85. The van der Waals surface area contributed by atoms with Crippen molar-refractivity contribution in [1.29, 1.82) is 0 Å². The summed E-state index contributed by atoms with van der Waals surface area (Å²) in [6.45, 7) is 1.19. The molecule has 0 aliphatic carbocycles. The van der Waals surface area contributed by atoms with E-state index in [0.717, 1.165) is 35.9 Å². The number of methoxy groups -OCH3 is 1. The van der Waals surface area contributed by atoms with Gasteiger partial charge in [-0.05, 0) is 35.4 Å². The molecule has 2 aromatic rings. The molecule has 1 aliphatic rings.